The van der Waals surface area contributed by atoms with Gasteiger partial charge in [0.05, 0.1) is 0 Å². The molecule has 0 aliphatic heterocycles. The number of rotatable bonds is 13. The zero-order valence-electron chi connectivity index (χ0n) is 27.7. The molecule has 0 amide bonds. The lowest BCUT2D eigenvalue weighted by molar-refractivity contribution is 0.618. The molecule has 7 rings (SSSR count). The Kier molecular flexibility index (Phi) is 11.2. The van der Waals surface area contributed by atoms with Gasteiger partial charge < -0.3 is 0 Å². The Labute approximate surface area is 296 Å². The van der Waals surface area contributed by atoms with Gasteiger partial charge in [-0.3, -0.25) is 0 Å². The fraction of sp³-hybridized carbons (Fsp3) is 0.0870. The van der Waals surface area contributed by atoms with Crippen molar-refractivity contribution in [2.24, 2.45) is 0 Å². The van der Waals surface area contributed by atoms with E-state index in [4.69, 9.17) is 0 Å². The molecule has 0 radical (unpaired) electrons. The normalized spacial score (nSPS) is 11.7. The molecule has 0 aliphatic carbocycles. The molecule has 0 heterocycles. The van der Waals surface area contributed by atoms with Crippen LogP contribution < -0.4 is 31.8 Å². The summed E-state index contributed by atoms with van der Waals surface area (Å²) in [6, 6.07) is 79.5. The van der Waals surface area contributed by atoms with Crippen LogP contribution in [0.4, 0.5) is 0 Å². The second-order valence-corrected chi connectivity index (χ2v) is 19.0. The lowest BCUT2D eigenvalue weighted by Gasteiger charge is -2.43. The fourth-order valence-corrected chi connectivity index (χ4v) is 15.5. The van der Waals surface area contributed by atoms with Crippen LogP contribution in [-0.4, -0.2) is 18.5 Å². The molecular weight excluding hydrogens is 645 g/mol. The van der Waals surface area contributed by atoms with Crippen molar-refractivity contribution >= 4 is 55.6 Å². The molecule has 0 saturated heterocycles. The molecule has 0 aliphatic rings. The van der Waals surface area contributed by atoms with Crippen molar-refractivity contribution < 1.29 is 0 Å². The Morgan fingerprint density at radius 3 is 0.633 bits per heavy atom. The summed E-state index contributed by atoms with van der Waals surface area (Å²) in [6.45, 7) is 0. The molecular formula is C46H41P3. The quantitative estimate of drug-likeness (QED) is 0.106. The third kappa shape index (κ3) is 8.18. The van der Waals surface area contributed by atoms with E-state index in [-0.39, 0.29) is 5.41 Å². The van der Waals surface area contributed by atoms with Crippen molar-refractivity contribution in [1.29, 1.82) is 0 Å². The first-order valence-electron chi connectivity index (χ1n) is 17.0. The highest BCUT2D eigenvalue weighted by Gasteiger charge is 2.41. The lowest BCUT2D eigenvalue weighted by atomic mass is 9.86. The molecule has 3 heteroatoms. The lowest BCUT2D eigenvalue weighted by Crippen LogP contribution is -2.42. The monoisotopic (exact) mass is 686 g/mol. The Morgan fingerprint density at radius 1 is 0.245 bits per heavy atom. The Morgan fingerprint density at radius 2 is 0.429 bits per heavy atom. The van der Waals surface area contributed by atoms with Crippen LogP contribution in [0.2, 0.25) is 0 Å². The highest BCUT2D eigenvalue weighted by molar-refractivity contribution is 7.75. The van der Waals surface area contributed by atoms with Gasteiger partial charge in [0.1, 0.15) is 0 Å². The van der Waals surface area contributed by atoms with Crippen molar-refractivity contribution in [2.75, 3.05) is 18.5 Å². The van der Waals surface area contributed by atoms with Crippen LogP contribution in [0, 0.1) is 0 Å². The van der Waals surface area contributed by atoms with Gasteiger partial charge in [-0.1, -0.05) is 212 Å². The van der Waals surface area contributed by atoms with E-state index in [0.29, 0.717) is 0 Å². The van der Waals surface area contributed by atoms with E-state index >= 15 is 0 Å². The van der Waals surface area contributed by atoms with Crippen molar-refractivity contribution in [3.05, 3.63) is 218 Å². The number of hydrogen-bond donors (Lipinski definition) is 0. The number of benzene rings is 7. The van der Waals surface area contributed by atoms with Crippen LogP contribution in [-0.2, 0) is 5.41 Å². The zero-order valence-corrected chi connectivity index (χ0v) is 30.4. The minimum Gasteiger partial charge on any atom is -0.0622 e. The summed E-state index contributed by atoms with van der Waals surface area (Å²) in [5, 5.41) is 8.65. The van der Waals surface area contributed by atoms with E-state index in [2.05, 4.69) is 212 Å². The van der Waals surface area contributed by atoms with Gasteiger partial charge in [0.25, 0.3) is 0 Å². The van der Waals surface area contributed by atoms with E-state index in [1.165, 1.54) is 37.4 Å². The topological polar surface area (TPSA) is 0 Å². The highest BCUT2D eigenvalue weighted by Crippen LogP contribution is 2.53. The number of hydrogen-bond acceptors (Lipinski definition) is 0. The van der Waals surface area contributed by atoms with Crippen LogP contribution in [0.1, 0.15) is 5.56 Å². The fourth-order valence-electron chi connectivity index (χ4n) is 6.77. The Balaban J connectivity index is 1.48. The summed E-state index contributed by atoms with van der Waals surface area (Å²) in [5.41, 5.74) is 1.32. The second kappa shape index (κ2) is 16.5. The van der Waals surface area contributed by atoms with Gasteiger partial charge >= 0.3 is 0 Å². The summed E-state index contributed by atoms with van der Waals surface area (Å²) in [4.78, 5) is 0. The molecule has 0 unspecified atom stereocenters. The molecule has 7 aromatic rings. The smallest absolute Gasteiger partial charge is 0.00885 e. The van der Waals surface area contributed by atoms with Gasteiger partial charge in [0.15, 0.2) is 0 Å². The van der Waals surface area contributed by atoms with Gasteiger partial charge in [-0.15, -0.1) is 0 Å². The first-order chi connectivity index (χ1) is 24.3. The minimum absolute atomic E-state index is 0.132. The third-order valence-electron chi connectivity index (χ3n) is 9.18. The summed E-state index contributed by atoms with van der Waals surface area (Å²) in [6.07, 6.45) is 3.20. The standard InChI is InChI=1S/C46H41P3/c1-8-22-39(23-9-1)46(36-47(40-24-10-2-11-25-40)41-26-12-3-13-27-41,37-48(42-28-14-4-15-29-42)43-30-16-5-17-31-43)38-49(44-32-18-6-19-33-44)45-34-20-7-21-35-45/h1-35H,36-38H2. The summed E-state index contributed by atoms with van der Waals surface area (Å²) in [7, 11) is -2.04. The molecule has 0 fully saturated rings. The van der Waals surface area contributed by atoms with Gasteiger partial charge in [0, 0.05) is 5.41 Å². The van der Waals surface area contributed by atoms with Crippen molar-refractivity contribution in [3.63, 3.8) is 0 Å². The SMILES string of the molecule is c1ccc(P(CC(CP(c2ccccc2)c2ccccc2)(CP(c2ccccc2)c2ccccc2)c2ccccc2)c2ccccc2)cc1. The maximum atomic E-state index is 2.43. The first-order valence-corrected chi connectivity index (χ1v) is 21.6. The minimum atomic E-state index is -0.678. The molecule has 0 saturated carbocycles. The Bertz CT molecular complexity index is 1650. The molecule has 0 bridgehead atoms. The van der Waals surface area contributed by atoms with Crippen molar-refractivity contribution in [2.45, 2.75) is 5.41 Å². The van der Waals surface area contributed by atoms with Crippen molar-refractivity contribution in [1.82, 2.24) is 0 Å². The largest absolute Gasteiger partial charge is 0.0622 e. The van der Waals surface area contributed by atoms with Crippen LogP contribution >= 0.6 is 23.8 Å². The molecule has 49 heavy (non-hydrogen) atoms. The summed E-state index contributed by atoms with van der Waals surface area (Å²) in [5.74, 6) is 0. The molecule has 0 N–H and O–H groups in total. The third-order valence-corrected chi connectivity index (χ3v) is 17.5. The van der Waals surface area contributed by atoms with E-state index < -0.39 is 23.8 Å². The van der Waals surface area contributed by atoms with Gasteiger partial charge in [0.2, 0.25) is 0 Å². The van der Waals surface area contributed by atoms with E-state index in [0.717, 1.165) is 18.5 Å². The predicted octanol–water partition coefficient (Wildman–Crippen LogP) is 9.32. The van der Waals surface area contributed by atoms with Gasteiger partial charge in [-0.05, 0) is 79.6 Å². The van der Waals surface area contributed by atoms with Crippen LogP contribution in [0.5, 0.6) is 0 Å². The molecule has 0 spiro atoms. The van der Waals surface area contributed by atoms with Gasteiger partial charge in [-0.2, -0.15) is 0 Å². The maximum absolute atomic E-state index is 2.43. The molecule has 0 aromatic heterocycles. The summed E-state index contributed by atoms with van der Waals surface area (Å²) < 4.78 is 0. The molecule has 0 atom stereocenters. The predicted molar refractivity (Wildman–Crippen MR) is 220 cm³/mol. The van der Waals surface area contributed by atoms with Crippen LogP contribution in [0.3, 0.4) is 0 Å². The van der Waals surface area contributed by atoms with Crippen LogP contribution in [0.25, 0.3) is 0 Å². The van der Waals surface area contributed by atoms with Crippen LogP contribution in [0.15, 0.2) is 212 Å². The first kappa shape index (κ1) is 33.3. The average Bonchev–Trinajstić information content (AvgIpc) is 3.20. The summed E-state index contributed by atoms with van der Waals surface area (Å²) >= 11 is 0. The highest BCUT2D eigenvalue weighted by atomic mass is 31.1. The molecule has 0 nitrogen and oxygen atoms in total. The van der Waals surface area contributed by atoms with Gasteiger partial charge in [-0.25, -0.2) is 0 Å². The van der Waals surface area contributed by atoms with E-state index in [1.807, 2.05) is 0 Å². The van der Waals surface area contributed by atoms with Crippen molar-refractivity contribution in [3.8, 4) is 0 Å². The molecule has 240 valence electrons. The van der Waals surface area contributed by atoms with E-state index in [1.54, 1.807) is 0 Å². The second-order valence-electron chi connectivity index (χ2n) is 12.4. The molecule has 7 aromatic carbocycles. The zero-order chi connectivity index (χ0) is 33.1. The average molecular weight is 687 g/mol. The maximum Gasteiger partial charge on any atom is 0.00885 e. The van der Waals surface area contributed by atoms with E-state index in [9.17, 15) is 0 Å². The Hall–Kier alpha value is -4.17.